The minimum atomic E-state index is -0.0964. The van der Waals surface area contributed by atoms with Gasteiger partial charge in [-0.25, -0.2) is 4.98 Å². The smallest absolute Gasteiger partial charge is 0.255 e. The lowest BCUT2D eigenvalue weighted by Crippen LogP contribution is -2.45. The number of amides is 1. The van der Waals surface area contributed by atoms with Gasteiger partial charge in [0.1, 0.15) is 5.69 Å². The number of anilines is 2. The van der Waals surface area contributed by atoms with Gasteiger partial charge in [0.2, 0.25) is 0 Å². The van der Waals surface area contributed by atoms with E-state index in [1.807, 2.05) is 36.6 Å². The Labute approximate surface area is 204 Å². The van der Waals surface area contributed by atoms with Crippen molar-refractivity contribution in [3.63, 3.8) is 0 Å². The van der Waals surface area contributed by atoms with Crippen molar-refractivity contribution in [2.45, 2.75) is 25.8 Å². The van der Waals surface area contributed by atoms with E-state index < -0.39 is 0 Å². The van der Waals surface area contributed by atoms with Crippen LogP contribution in [0.4, 0.5) is 10.8 Å². The molecule has 2 aromatic carbocycles. The zero-order chi connectivity index (χ0) is 23.7. The van der Waals surface area contributed by atoms with Crippen LogP contribution in [0.3, 0.4) is 0 Å². The topological polar surface area (TPSA) is 74.5 Å². The van der Waals surface area contributed by atoms with Gasteiger partial charge < -0.3 is 16.0 Å². The first-order valence-electron chi connectivity index (χ1n) is 11.7. The zero-order valence-corrected chi connectivity index (χ0v) is 20.4. The highest BCUT2D eigenvalue weighted by atomic mass is 32.1. The number of fused-ring (bicyclic) bond motifs is 1. The summed E-state index contributed by atoms with van der Waals surface area (Å²) in [4.78, 5) is 22.2. The molecular formula is C27H29N5OS. The van der Waals surface area contributed by atoms with Crippen molar-refractivity contribution in [2.24, 2.45) is 0 Å². The average molecular weight is 472 g/mol. The predicted octanol–water partition coefficient (Wildman–Crippen LogP) is 3.92. The van der Waals surface area contributed by atoms with Crippen LogP contribution in [0.5, 0.6) is 0 Å². The predicted molar refractivity (Wildman–Crippen MR) is 138 cm³/mol. The Morgan fingerprint density at radius 1 is 1.15 bits per heavy atom. The number of aromatic nitrogens is 1. The molecule has 174 valence electrons. The van der Waals surface area contributed by atoms with E-state index in [0.29, 0.717) is 22.4 Å². The molecule has 3 aromatic rings. The van der Waals surface area contributed by atoms with E-state index in [2.05, 4.69) is 51.1 Å². The number of hydrogen-bond acceptors (Lipinski definition) is 6. The van der Waals surface area contributed by atoms with E-state index in [9.17, 15) is 4.79 Å². The second-order valence-electron chi connectivity index (χ2n) is 9.11. The molecule has 0 radical (unpaired) electrons. The number of carbonyl (C=O) groups is 1. The van der Waals surface area contributed by atoms with Crippen LogP contribution in [0.2, 0.25) is 0 Å². The van der Waals surface area contributed by atoms with E-state index in [-0.39, 0.29) is 5.91 Å². The Balaban J connectivity index is 1.29. The van der Waals surface area contributed by atoms with Crippen molar-refractivity contribution in [1.82, 2.24) is 14.8 Å². The molecule has 0 saturated carbocycles. The number of nitrogen functional groups attached to an aromatic ring is 1. The summed E-state index contributed by atoms with van der Waals surface area (Å²) >= 11 is 1.37. The van der Waals surface area contributed by atoms with Crippen molar-refractivity contribution in [1.29, 1.82) is 0 Å². The maximum Gasteiger partial charge on any atom is 0.255 e. The van der Waals surface area contributed by atoms with Crippen molar-refractivity contribution in [2.75, 3.05) is 44.3 Å². The fraction of sp³-hybridized carbons (Fsp3) is 0.333. The molecule has 1 atom stereocenters. The van der Waals surface area contributed by atoms with Crippen molar-refractivity contribution < 1.29 is 4.79 Å². The number of aryl methyl sites for hydroxylation is 2. The molecular weight excluding hydrogens is 442 g/mol. The van der Waals surface area contributed by atoms with Crippen LogP contribution in [-0.2, 0) is 6.42 Å². The van der Waals surface area contributed by atoms with E-state index in [1.165, 1.54) is 22.5 Å². The second-order valence-corrected chi connectivity index (χ2v) is 10.0. The third-order valence-corrected chi connectivity index (χ3v) is 7.45. The molecule has 1 saturated heterocycles. The number of hydrogen-bond donors (Lipinski definition) is 2. The van der Waals surface area contributed by atoms with Gasteiger partial charge in [0.25, 0.3) is 5.91 Å². The number of nitrogens with zero attached hydrogens (tertiary/aromatic N) is 3. The lowest BCUT2D eigenvalue weighted by molar-refractivity contribution is 0.102. The second kappa shape index (κ2) is 9.59. The summed E-state index contributed by atoms with van der Waals surface area (Å²) in [7, 11) is 2.19. The largest absolute Gasteiger partial charge is 0.375 e. The van der Waals surface area contributed by atoms with Crippen LogP contribution in [0.15, 0.2) is 41.8 Å². The molecule has 1 aliphatic heterocycles. The monoisotopic (exact) mass is 471 g/mol. The first-order valence-corrected chi connectivity index (χ1v) is 12.5. The average Bonchev–Trinajstić information content (AvgIpc) is 3.45. The van der Waals surface area contributed by atoms with Crippen LogP contribution >= 0.6 is 11.3 Å². The van der Waals surface area contributed by atoms with Crippen LogP contribution in [0.25, 0.3) is 0 Å². The minimum Gasteiger partial charge on any atom is -0.375 e. The number of thiazole rings is 1. The molecule has 34 heavy (non-hydrogen) atoms. The summed E-state index contributed by atoms with van der Waals surface area (Å²) in [5, 5.41) is 5.39. The Kier molecular flexibility index (Phi) is 6.38. The molecule has 1 aliphatic carbocycles. The normalized spacial score (nSPS) is 18.2. The van der Waals surface area contributed by atoms with E-state index in [4.69, 9.17) is 5.73 Å². The Morgan fingerprint density at radius 2 is 1.97 bits per heavy atom. The highest BCUT2D eigenvalue weighted by molar-refractivity contribution is 7.13. The molecule has 7 heteroatoms. The first kappa shape index (κ1) is 22.6. The summed E-state index contributed by atoms with van der Waals surface area (Å²) < 4.78 is 0. The van der Waals surface area contributed by atoms with E-state index in [0.717, 1.165) is 55.8 Å². The first-order chi connectivity index (χ1) is 16.5. The molecule has 1 aromatic heterocycles. The Bertz CT molecular complexity index is 1280. The molecule has 5 rings (SSSR count). The van der Waals surface area contributed by atoms with Gasteiger partial charge in [0.05, 0.1) is 0 Å². The van der Waals surface area contributed by atoms with Gasteiger partial charge in [-0.05, 0) is 73.7 Å². The number of rotatable bonds is 3. The van der Waals surface area contributed by atoms with Crippen LogP contribution in [0.1, 0.15) is 50.8 Å². The minimum absolute atomic E-state index is 0.0964. The standard InChI is InChI=1S/C27H29N5OS/c1-18-3-7-22(16-19(18)4-8-23-17-34-27(28)30-23)29-26(33)21-5-9-24-20(15-21)6-10-25(24)32-13-11-31(2)12-14-32/h3,5,7,9,15-17,25H,6,10-14H2,1-2H3,(H2,28,30)(H,29,33). The number of piperazine rings is 1. The number of benzene rings is 2. The fourth-order valence-corrected chi connectivity index (χ4v) is 5.26. The SMILES string of the molecule is Cc1ccc(NC(=O)c2ccc3c(c2)CCC3N2CCN(C)CC2)cc1C#Cc1csc(N)n1. The van der Waals surface area contributed by atoms with Crippen molar-refractivity contribution in [3.8, 4) is 11.8 Å². The maximum atomic E-state index is 13.0. The molecule has 0 bridgehead atoms. The van der Waals surface area contributed by atoms with Gasteiger partial charge in [0, 0.05) is 54.4 Å². The summed E-state index contributed by atoms with van der Waals surface area (Å²) in [5.74, 6) is 6.10. The summed E-state index contributed by atoms with van der Waals surface area (Å²) in [5.41, 5.74) is 12.4. The summed E-state index contributed by atoms with van der Waals surface area (Å²) in [6.07, 6.45) is 2.16. The van der Waals surface area contributed by atoms with Crippen molar-refractivity contribution in [3.05, 3.63) is 75.3 Å². The lowest BCUT2D eigenvalue weighted by atomic mass is 10.0. The van der Waals surface area contributed by atoms with Crippen LogP contribution < -0.4 is 11.1 Å². The molecule has 2 heterocycles. The highest BCUT2D eigenvalue weighted by Gasteiger charge is 2.30. The van der Waals surface area contributed by atoms with Crippen LogP contribution in [-0.4, -0.2) is 53.9 Å². The van der Waals surface area contributed by atoms with Gasteiger partial charge >= 0.3 is 0 Å². The molecule has 2 aliphatic rings. The summed E-state index contributed by atoms with van der Waals surface area (Å²) in [6.45, 7) is 6.46. The lowest BCUT2D eigenvalue weighted by Gasteiger charge is -2.36. The third kappa shape index (κ3) is 4.85. The van der Waals surface area contributed by atoms with E-state index in [1.54, 1.807) is 0 Å². The Morgan fingerprint density at radius 3 is 2.74 bits per heavy atom. The molecule has 6 nitrogen and oxygen atoms in total. The van der Waals surface area contributed by atoms with Gasteiger partial charge in [0.15, 0.2) is 5.13 Å². The highest BCUT2D eigenvalue weighted by Crippen LogP contribution is 2.36. The molecule has 0 spiro atoms. The van der Waals surface area contributed by atoms with Gasteiger partial charge in [-0.3, -0.25) is 9.69 Å². The van der Waals surface area contributed by atoms with Gasteiger partial charge in [-0.2, -0.15) is 0 Å². The maximum absolute atomic E-state index is 13.0. The molecule has 3 N–H and O–H groups in total. The number of nitrogens with one attached hydrogen (secondary N) is 1. The number of nitrogens with two attached hydrogens (primary N) is 1. The van der Waals surface area contributed by atoms with Gasteiger partial charge in [-0.1, -0.05) is 18.1 Å². The number of likely N-dealkylation sites (N-methyl/N-ethyl adjacent to an activating group) is 1. The molecule has 1 fully saturated rings. The van der Waals surface area contributed by atoms with E-state index >= 15 is 0 Å². The zero-order valence-electron chi connectivity index (χ0n) is 19.6. The van der Waals surface area contributed by atoms with Crippen molar-refractivity contribution >= 4 is 28.1 Å². The summed E-state index contributed by atoms with van der Waals surface area (Å²) in [6, 6.07) is 12.5. The van der Waals surface area contributed by atoms with Crippen LogP contribution in [0, 0.1) is 18.8 Å². The molecule has 1 unspecified atom stereocenters. The quantitative estimate of drug-likeness (QED) is 0.567. The Hall–Kier alpha value is -3.18. The number of carbonyl (C=O) groups excluding carboxylic acids is 1. The fourth-order valence-electron chi connectivity index (χ4n) is 4.76. The molecule has 1 amide bonds. The third-order valence-electron chi connectivity index (χ3n) is 6.77. The van der Waals surface area contributed by atoms with Gasteiger partial charge in [-0.15, -0.1) is 11.3 Å².